The maximum atomic E-state index is 5.83. The minimum atomic E-state index is 0.532. The number of rotatable bonds is 10. The minimum absolute atomic E-state index is 0.532. The highest BCUT2D eigenvalue weighted by Crippen LogP contribution is 2.28. The molecule has 0 aliphatic rings. The van der Waals surface area contributed by atoms with Gasteiger partial charge in [-0.3, -0.25) is 4.57 Å². The first kappa shape index (κ1) is 19.8. The third kappa shape index (κ3) is 4.67. The monoisotopic (exact) mass is 397 g/mol. The van der Waals surface area contributed by atoms with Gasteiger partial charge in [-0.25, -0.2) is 0 Å². The summed E-state index contributed by atoms with van der Waals surface area (Å²) < 4.78 is 18.4. The second-order valence-corrected chi connectivity index (χ2v) is 6.84. The lowest BCUT2D eigenvalue weighted by Crippen LogP contribution is -2.04. The molecule has 3 rings (SSSR count). The Bertz CT molecular complexity index is 910. The van der Waals surface area contributed by atoms with Crippen molar-refractivity contribution in [2.24, 2.45) is 0 Å². The molecule has 7 heteroatoms. The van der Waals surface area contributed by atoms with Crippen LogP contribution in [0.1, 0.15) is 0 Å². The summed E-state index contributed by atoms with van der Waals surface area (Å²) in [7, 11) is 3.28. The Hall–Kier alpha value is -2.93. The van der Waals surface area contributed by atoms with Crippen LogP contribution in [0.4, 0.5) is 0 Å². The van der Waals surface area contributed by atoms with Gasteiger partial charge in [0.2, 0.25) is 0 Å². The Morgan fingerprint density at radius 1 is 1.00 bits per heavy atom. The van der Waals surface area contributed by atoms with Crippen LogP contribution in [0.3, 0.4) is 0 Å². The molecule has 1 aromatic heterocycles. The van der Waals surface area contributed by atoms with Crippen LogP contribution in [0.25, 0.3) is 11.4 Å². The maximum Gasteiger partial charge on any atom is 0.191 e. The average Bonchev–Trinajstić information content (AvgIpc) is 3.14. The van der Waals surface area contributed by atoms with Crippen molar-refractivity contribution < 1.29 is 14.2 Å². The molecule has 28 heavy (non-hydrogen) atoms. The van der Waals surface area contributed by atoms with E-state index in [1.165, 1.54) is 0 Å². The third-order valence-corrected chi connectivity index (χ3v) is 4.95. The summed E-state index contributed by atoms with van der Waals surface area (Å²) in [5.41, 5.74) is 0.979. The number of nitrogens with zero attached hydrogens (tertiary/aromatic N) is 3. The van der Waals surface area contributed by atoms with Gasteiger partial charge in [-0.1, -0.05) is 30.0 Å². The van der Waals surface area contributed by atoms with E-state index in [0.717, 1.165) is 39.5 Å². The van der Waals surface area contributed by atoms with Crippen LogP contribution in [-0.2, 0) is 6.54 Å². The topological polar surface area (TPSA) is 58.4 Å². The fraction of sp³-hybridized carbons (Fsp3) is 0.238. The predicted molar refractivity (Wildman–Crippen MR) is 111 cm³/mol. The molecule has 0 saturated carbocycles. The molecular weight excluding hydrogens is 374 g/mol. The van der Waals surface area contributed by atoms with E-state index >= 15 is 0 Å². The van der Waals surface area contributed by atoms with E-state index in [1.54, 1.807) is 26.0 Å². The standard InChI is InChI=1S/C21H23N3O3S/c1-4-13-24-20(16-9-11-17(25-2)12-10-16)22-23-21(24)28-15-14-27-19-8-6-5-7-18(19)26-3/h4-12H,1,13-15H2,2-3H3. The number of thioether (sulfide) groups is 1. The van der Waals surface area contributed by atoms with Gasteiger partial charge in [-0.05, 0) is 36.4 Å². The molecule has 0 fully saturated rings. The van der Waals surface area contributed by atoms with Crippen molar-refractivity contribution >= 4 is 11.8 Å². The van der Waals surface area contributed by atoms with Gasteiger partial charge in [-0.2, -0.15) is 0 Å². The molecular formula is C21H23N3O3S. The Morgan fingerprint density at radius 3 is 2.43 bits per heavy atom. The first-order valence-electron chi connectivity index (χ1n) is 8.84. The van der Waals surface area contributed by atoms with E-state index in [1.807, 2.05) is 59.2 Å². The first-order chi connectivity index (χ1) is 13.8. The molecule has 146 valence electrons. The molecule has 0 amide bonds. The SMILES string of the molecule is C=CCn1c(SCCOc2ccccc2OC)nnc1-c1ccc(OC)cc1. The van der Waals surface area contributed by atoms with Gasteiger partial charge in [0.25, 0.3) is 0 Å². The Morgan fingerprint density at radius 2 is 1.75 bits per heavy atom. The van der Waals surface area contributed by atoms with Gasteiger partial charge in [0.05, 0.1) is 20.8 Å². The smallest absolute Gasteiger partial charge is 0.191 e. The third-order valence-electron chi connectivity index (χ3n) is 4.02. The molecule has 0 bridgehead atoms. The van der Waals surface area contributed by atoms with Gasteiger partial charge in [0.1, 0.15) is 5.75 Å². The van der Waals surface area contributed by atoms with Crippen molar-refractivity contribution in [2.75, 3.05) is 26.6 Å². The number of hydrogen-bond acceptors (Lipinski definition) is 6. The summed E-state index contributed by atoms with van der Waals surface area (Å²) in [6.07, 6.45) is 1.84. The molecule has 3 aromatic rings. The van der Waals surface area contributed by atoms with Gasteiger partial charge in [-0.15, -0.1) is 16.8 Å². The van der Waals surface area contributed by atoms with Crippen molar-refractivity contribution in [3.63, 3.8) is 0 Å². The lowest BCUT2D eigenvalue weighted by molar-refractivity contribution is 0.313. The van der Waals surface area contributed by atoms with Gasteiger partial charge in [0, 0.05) is 17.9 Å². The van der Waals surface area contributed by atoms with Crippen LogP contribution in [-0.4, -0.2) is 41.3 Å². The molecule has 0 radical (unpaired) electrons. The van der Waals surface area contributed by atoms with E-state index in [0.29, 0.717) is 13.2 Å². The number of methoxy groups -OCH3 is 2. The number of aromatic nitrogens is 3. The number of allylic oxidation sites excluding steroid dienone is 1. The minimum Gasteiger partial charge on any atom is -0.497 e. The van der Waals surface area contributed by atoms with Crippen LogP contribution in [0, 0.1) is 0 Å². The zero-order valence-corrected chi connectivity index (χ0v) is 16.8. The summed E-state index contributed by atoms with van der Waals surface area (Å²) in [4.78, 5) is 0. The second kappa shape index (κ2) is 9.85. The average molecular weight is 398 g/mol. The molecule has 0 saturated heterocycles. The molecule has 2 aromatic carbocycles. The van der Waals surface area contributed by atoms with Gasteiger partial charge in [0.15, 0.2) is 22.5 Å². The highest BCUT2D eigenvalue weighted by atomic mass is 32.2. The Balaban J connectivity index is 1.66. The molecule has 0 N–H and O–H groups in total. The fourth-order valence-electron chi connectivity index (χ4n) is 2.67. The van der Waals surface area contributed by atoms with E-state index in [9.17, 15) is 0 Å². The van der Waals surface area contributed by atoms with Crippen LogP contribution in [0.2, 0.25) is 0 Å². The summed E-state index contributed by atoms with van der Waals surface area (Å²) in [5, 5.41) is 9.54. The zero-order valence-electron chi connectivity index (χ0n) is 16.0. The van der Waals surface area contributed by atoms with Crippen molar-refractivity contribution in [1.29, 1.82) is 0 Å². The lowest BCUT2D eigenvalue weighted by Gasteiger charge is -2.10. The van der Waals surface area contributed by atoms with E-state index < -0.39 is 0 Å². The van der Waals surface area contributed by atoms with Crippen LogP contribution >= 0.6 is 11.8 Å². The van der Waals surface area contributed by atoms with Crippen LogP contribution < -0.4 is 14.2 Å². The van der Waals surface area contributed by atoms with Gasteiger partial charge >= 0.3 is 0 Å². The fourth-order valence-corrected chi connectivity index (χ4v) is 3.43. The number of para-hydroxylation sites is 2. The van der Waals surface area contributed by atoms with Gasteiger partial charge < -0.3 is 14.2 Å². The zero-order chi connectivity index (χ0) is 19.8. The normalized spacial score (nSPS) is 10.5. The van der Waals surface area contributed by atoms with Crippen LogP contribution in [0.15, 0.2) is 66.3 Å². The number of hydrogen-bond donors (Lipinski definition) is 0. The van der Waals surface area contributed by atoms with E-state index in [4.69, 9.17) is 14.2 Å². The van der Waals surface area contributed by atoms with Crippen molar-refractivity contribution in [3.05, 3.63) is 61.2 Å². The molecule has 0 aliphatic heterocycles. The molecule has 0 atom stereocenters. The van der Waals surface area contributed by atoms with Crippen molar-refractivity contribution in [2.45, 2.75) is 11.7 Å². The summed E-state index contributed by atoms with van der Waals surface area (Å²) in [6, 6.07) is 15.4. The predicted octanol–water partition coefficient (Wildman–Crippen LogP) is 4.32. The summed E-state index contributed by atoms with van der Waals surface area (Å²) in [5.74, 6) is 3.80. The molecule has 6 nitrogen and oxygen atoms in total. The molecule has 0 spiro atoms. The maximum absolute atomic E-state index is 5.83. The summed E-state index contributed by atoms with van der Waals surface area (Å²) in [6.45, 7) is 5.01. The van der Waals surface area contributed by atoms with Crippen LogP contribution in [0.5, 0.6) is 17.2 Å². The highest BCUT2D eigenvalue weighted by molar-refractivity contribution is 7.99. The lowest BCUT2D eigenvalue weighted by atomic mass is 10.2. The number of benzene rings is 2. The highest BCUT2D eigenvalue weighted by Gasteiger charge is 2.14. The molecule has 0 aliphatic carbocycles. The number of ether oxygens (including phenoxy) is 3. The second-order valence-electron chi connectivity index (χ2n) is 5.78. The molecule has 1 heterocycles. The largest absolute Gasteiger partial charge is 0.497 e. The van der Waals surface area contributed by atoms with E-state index in [-0.39, 0.29) is 0 Å². The quantitative estimate of drug-likeness (QED) is 0.288. The van der Waals surface area contributed by atoms with Crippen molar-refractivity contribution in [1.82, 2.24) is 14.8 Å². The Kier molecular flexibility index (Phi) is 6.97. The van der Waals surface area contributed by atoms with Crippen molar-refractivity contribution in [3.8, 4) is 28.6 Å². The molecule has 0 unspecified atom stereocenters. The first-order valence-corrected chi connectivity index (χ1v) is 9.82. The Labute approximate surface area is 169 Å². The van der Waals surface area contributed by atoms with E-state index in [2.05, 4.69) is 16.8 Å². The summed E-state index contributed by atoms with van der Waals surface area (Å²) >= 11 is 1.59.